The van der Waals surface area contributed by atoms with E-state index in [0.717, 1.165) is 29.8 Å². The summed E-state index contributed by atoms with van der Waals surface area (Å²) in [5, 5.41) is 2.71. The molecular formula is C22H22N2O4S2. The molecule has 0 aliphatic carbocycles. The van der Waals surface area contributed by atoms with Crippen molar-refractivity contribution in [3.05, 3.63) is 71.2 Å². The number of hydrogen-bond donors (Lipinski definition) is 0. The van der Waals surface area contributed by atoms with Gasteiger partial charge in [-0.05, 0) is 31.0 Å². The van der Waals surface area contributed by atoms with Gasteiger partial charge in [0.25, 0.3) is 0 Å². The summed E-state index contributed by atoms with van der Waals surface area (Å²) < 4.78 is 32.5. The molecule has 1 aliphatic rings. The van der Waals surface area contributed by atoms with Gasteiger partial charge in [-0.2, -0.15) is 4.31 Å². The predicted molar refractivity (Wildman–Crippen MR) is 116 cm³/mol. The highest BCUT2D eigenvalue weighted by atomic mass is 32.2. The molecule has 0 N–H and O–H groups in total. The minimum atomic E-state index is -3.60. The number of piperidine rings is 1. The van der Waals surface area contributed by atoms with Gasteiger partial charge in [0.2, 0.25) is 10.0 Å². The van der Waals surface area contributed by atoms with Gasteiger partial charge in [-0.15, -0.1) is 11.3 Å². The minimum absolute atomic E-state index is 0.0330. The molecule has 0 spiro atoms. The Kier molecular flexibility index (Phi) is 6.26. The highest BCUT2D eigenvalue weighted by molar-refractivity contribution is 7.89. The van der Waals surface area contributed by atoms with Crippen molar-refractivity contribution in [2.75, 3.05) is 13.1 Å². The highest BCUT2D eigenvalue weighted by Crippen LogP contribution is 2.24. The van der Waals surface area contributed by atoms with Crippen LogP contribution in [0.25, 0.3) is 10.6 Å². The Hall–Kier alpha value is -2.55. The van der Waals surface area contributed by atoms with Gasteiger partial charge >= 0.3 is 5.97 Å². The van der Waals surface area contributed by atoms with E-state index in [0.29, 0.717) is 18.8 Å². The third-order valence-electron chi connectivity index (χ3n) is 4.95. The first-order valence-corrected chi connectivity index (χ1v) is 12.1. The molecule has 0 radical (unpaired) electrons. The first-order valence-electron chi connectivity index (χ1n) is 9.81. The Morgan fingerprint density at radius 2 is 1.80 bits per heavy atom. The van der Waals surface area contributed by atoms with Crippen molar-refractivity contribution in [3.8, 4) is 10.6 Å². The standard InChI is InChI=1S/C22H22N2O4S2/c25-22(28-15-19-16-29-21(23-19)17-8-3-1-4-9-17)18-10-7-11-20(14-18)30(26,27)24-12-5-2-6-13-24/h1,3-4,7-11,14,16H,2,5-6,12-13,15H2. The molecule has 0 amide bonds. The molecule has 3 aromatic rings. The summed E-state index contributed by atoms with van der Waals surface area (Å²) in [6.45, 7) is 1.07. The van der Waals surface area contributed by atoms with Crippen LogP contribution in [0.3, 0.4) is 0 Å². The number of thiazole rings is 1. The van der Waals surface area contributed by atoms with E-state index >= 15 is 0 Å². The summed E-state index contributed by atoms with van der Waals surface area (Å²) in [6, 6.07) is 15.8. The summed E-state index contributed by atoms with van der Waals surface area (Å²) >= 11 is 1.48. The molecule has 4 rings (SSSR count). The quantitative estimate of drug-likeness (QED) is 0.531. The molecule has 6 nitrogen and oxygen atoms in total. The fourth-order valence-electron chi connectivity index (χ4n) is 3.35. The maximum Gasteiger partial charge on any atom is 0.338 e. The van der Waals surface area contributed by atoms with Gasteiger partial charge in [0.15, 0.2) is 0 Å². The fourth-order valence-corrected chi connectivity index (χ4v) is 5.72. The van der Waals surface area contributed by atoms with E-state index < -0.39 is 16.0 Å². The summed E-state index contributed by atoms with van der Waals surface area (Å²) in [5.41, 5.74) is 1.88. The zero-order valence-corrected chi connectivity index (χ0v) is 18.0. The maximum absolute atomic E-state index is 12.8. The SMILES string of the molecule is O=C(OCc1csc(-c2ccccc2)n1)c1cccc(S(=O)(=O)N2CCCCC2)c1. The van der Waals surface area contributed by atoms with Crippen molar-refractivity contribution < 1.29 is 17.9 Å². The Bertz CT molecular complexity index is 1120. The number of benzene rings is 2. The summed E-state index contributed by atoms with van der Waals surface area (Å²) in [4.78, 5) is 17.1. The number of carbonyl (C=O) groups is 1. The van der Waals surface area contributed by atoms with Crippen LogP contribution in [-0.2, 0) is 21.4 Å². The van der Waals surface area contributed by atoms with E-state index in [1.165, 1.54) is 27.8 Å². The molecule has 8 heteroatoms. The van der Waals surface area contributed by atoms with Crippen molar-refractivity contribution in [2.45, 2.75) is 30.8 Å². The number of hydrogen-bond acceptors (Lipinski definition) is 6. The van der Waals surface area contributed by atoms with Crippen molar-refractivity contribution in [1.29, 1.82) is 0 Å². The zero-order valence-electron chi connectivity index (χ0n) is 16.4. The Morgan fingerprint density at radius 1 is 1.03 bits per heavy atom. The average molecular weight is 443 g/mol. The molecule has 0 unspecified atom stereocenters. The van der Waals surface area contributed by atoms with Crippen molar-refractivity contribution in [3.63, 3.8) is 0 Å². The van der Waals surface area contributed by atoms with Crippen LogP contribution in [-0.4, -0.2) is 36.8 Å². The Balaban J connectivity index is 1.43. The van der Waals surface area contributed by atoms with Crippen LogP contribution in [0.2, 0.25) is 0 Å². The van der Waals surface area contributed by atoms with E-state index in [4.69, 9.17) is 4.74 Å². The van der Waals surface area contributed by atoms with Gasteiger partial charge in [0.1, 0.15) is 11.6 Å². The van der Waals surface area contributed by atoms with E-state index in [9.17, 15) is 13.2 Å². The number of esters is 1. The fraction of sp³-hybridized carbons (Fsp3) is 0.273. The van der Waals surface area contributed by atoms with Gasteiger partial charge < -0.3 is 4.74 Å². The molecular weight excluding hydrogens is 420 g/mol. The largest absolute Gasteiger partial charge is 0.456 e. The van der Waals surface area contributed by atoms with Crippen LogP contribution in [0.5, 0.6) is 0 Å². The van der Waals surface area contributed by atoms with Crippen LogP contribution in [0.4, 0.5) is 0 Å². The topological polar surface area (TPSA) is 76.6 Å². The zero-order chi connectivity index (χ0) is 21.0. The van der Waals surface area contributed by atoms with Gasteiger partial charge in [-0.3, -0.25) is 0 Å². The number of aromatic nitrogens is 1. The molecule has 0 atom stereocenters. The average Bonchev–Trinajstić information content (AvgIpc) is 3.28. The van der Waals surface area contributed by atoms with Crippen molar-refractivity contribution >= 4 is 27.3 Å². The van der Waals surface area contributed by atoms with Crippen molar-refractivity contribution in [1.82, 2.24) is 9.29 Å². The lowest BCUT2D eigenvalue weighted by Gasteiger charge is -2.25. The van der Waals surface area contributed by atoms with E-state index in [1.807, 2.05) is 35.7 Å². The molecule has 1 saturated heterocycles. The Morgan fingerprint density at radius 3 is 2.57 bits per heavy atom. The highest BCUT2D eigenvalue weighted by Gasteiger charge is 2.26. The molecule has 156 valence electrons. The molecule has 2 heterocycles. The molecule has 30 heavy (non-hydrogen) atoms. The van der Waals surface area contributed by atoms with Crippen LogP contribution in [0.1, 0.15) is 35.3 Å². The normalized spacial score (nSPS) is 15.1. The van der Waals surface area contributed by atoms with Gasteiger partial charge in [-0.1, -0.05) is 42.8 Å². The third-order valence-corrected chi connectivity index (χ3v) is 7.78. The summed E-state index contributed by atoms with van der Waals surface area (Å²) in [5.74, 6) is -0.569. The van der Waals surface area contributed by atoms with Crippen LogP contribution < -0.4 is 0 Å². The number of carbonyl (C=O) groups excluding carboxylic acids is 1. The molecule has 1 fully saturated rings. The number of nitrogens with zero attached hydrogens (tertiary/aromatic N) is 2. The van der Waals surface area contributed by atoms with E-state index in [1.54, 1.807) is 12.1 Å². The van der Waals surface area contributed by atoms with Crippen LogP contribution in [0, 0.1) is 0 Å². The molecule has 0 bridgehead atoms. The first-order chi connectivity index (χ1) is 14.5. The number of ether oxygens (including phenoxy) is 1. The van der Waals surface area contributed by atoms with E-state index in [-0.39, 0.29) is 17.1 Å². The lowest BCUT2D eigenvalue weighted by atomic mass is 10.2. The number of rotatable bonds is 6. The maximum atomic E-state index is 12.8. The predicted octanol–water partition coefficient (Wildman–Crippen LogP) is 4.34. The van der Waals surface area contributed by atoms with E-state index in [2.05, 4.69) is 4.98 Å². The molecule has 0 saturated carbocycles. The summed E-state index contributed by atoms with van der Waals surface area (Å²) in [6.07, 6.45) is 2.76. The first kappa shape index (κ1) is 20.7. The van der Waals surface area contributed by atoms with Crippen LogP contribution in [0.15, 0.2) is 64.9 Å². The molecule has 1 aromatic heterocycles. The monoisotopic (exact) mass is 442 g/mol. The second-order valence-corrected chi connectivity index (χ2v) is 9.87. The summed E-state index contributed by atoms with van der Waals surface area (Å²) in [7, 11) is -3.60. The van der Waals surface area contributed by atoms with Gasteiger partial charge in [0.05, 0.1) is 16.2 Å². The lowest BCUT2D eigenvalue weighted by Crippen LogP contribution is -2.35. The molecule has 2 aromatic carbocycles. The third kappa shape index (κ3) is 4.61. The molecule has 1 aliphatic heterocycles. The smallest absolute Gasteiger partial charge is 0.338 e. The minimum Gasteiger partial charge on any atom is -0.456 e. The number of sulfonamides is 1. The second kappa shape index (κ2) is 9.07. The van der Waals surface area contributed by atoms with Crippen molar-refractivity contribution in [2.24, 2.45) is 0 Å². The van der Waals surface area contributed by atoms with Crippen LogP contribution >= 0.6 is 11.3 Å². The van der Waals surface area contributed by atoms with Gasteiger partial charge in [0, 0.05) is 24.0 Å². The Labute approximate surface area is 180 Å². The second-order valence-electron chi connectivity index (χ2n) is 7.08. The van der Waals surface area contributed by atoms with Gasteiger partial charge in [-0.25, -0.2) is 18.2 Å². The lowest BCUT2D eigenvalue weighted by molar-refractivity contribution is 0.0468.